The van der Waals surface area contributed by atoms with Crippen molar-refractivity contribution in [2.75, 3.05) is 31.1 Å². The van der Waals surface area contributed by atoms with E-state index in [1.165, 1.54) is 22.5 Å². The van der Waals surface area contributed by atoms with Crippen molar-refractivity contribution in [1.29, 1.82) is 0 Å². The van der Waals surface area contributed by atoms with Gasteiger partial charge in [-0.05, 0) is 18.2 Å². The lowest BCUT2D eigenvalue weighted by atomic mass is 10.2. The minimum Gasteiger partial charge on any atom is -0.353 e. The van der Waals surface area contributed by atoms with Gasteiger partial charge >= 0.3 is 0 Å². The molecule has 9 nitrogen and oxygen atoms in total. The quantitative estimate of drug-likeness (QED) is 0.435. The highest BCUT2D eigenvalue weighted by Crippen LogP contribution is 2.29. The van der Waals surface area contributed by atoms with E-state index in [9.17, 15) is 27.3 Å². The summed E-state index contributed by atoms with van der Waals surface area (Å²) in [5, 5.41) is 11.6. The van der Waals surface area contributed by atoms with Gasteiger partial charge in [-0.15, -0.1) is 0 Å². The van der Waals surface area contributed by atoms with Crippen LogP contribution in [-0.2, 0) is 10.0 Å². The maximum absolute atomic E-state index is 13.3. The molecule has 1 fully saturated rings. The average molecular weight is 449 g/mol. The zero-order valence-corrected chi connectivity index (χ0v) is 16.9. The molecule has 31 heavy (non-hydrogen) atoms. The number of piperazine rings is 1. The van der Waals surface area contributed by atoms with Crippen LogP contribution in [0.2, 0.25) is 0 Å². The Bertz CT molecular complexity index is 1250. The van der Waals surface area contributed by atoms with Crippen LogP contribution in [0.15, 0.2) is 53.4 Å². The zero-order chi connectivity index (χ0) is 22.2. The molecular weight excluding hydrogens is 432 g/mol. The van der Waals surface area contributed by atoms with Gasteiger partial charge < -0.3 is 4.90 Å². The van der Waals surface area contributed by atoms with Crippen LogP contribution in [0.3, 0.4) is 0 Å². The number of rotatable bonds is 5. The Kier molecular flexibility index (Phi) is 5.50. The number of alkyl halides is 2. The molecule has 1 aromatic heterocycles. The molecule has 3 aromatic rings. The Labute approximate surface area is 176 Å². The van der Waals surface area contributed by atoms with Crippen molar-refractivity contribution in [2.45, 2.75) is 11.3 Å². The molecule has 0 aliphatic carbocycles. The molecule has 0 bridgehead atoms. The van der Waals surface area contributed by atoms with Crippen LogP contribution < -0.4 is 4.90 Å². The number of hydrogen-bond donors (Lipinski definition) is 0. The number of fused-ring (bicyclic) bond motifs is 1. The minimum atomic E-state index is -3.94. The van der Waals surface area contributed by atoms with Gasteiger partial charge in [-0.2, -0.15) is 4.31 Å². The van der Waals surface area contributed by atoms with E-state index in [4.69, 9.17) is 0 Å². The normalized spacial score (nSPS) is 15.5. The topological polar surface area (TPSA) is 110 Å². The van der Waals surface area contributed by atoms with Crippen molar-refractivity contribution in [3.63, 3.8) is 0 Å². The third-order valence-electron chi connectivity index (χ3n) is 5.00. The second-order valence-electron chi connectivity index (χ2n) is 6.87. The number of hydrogen-bond acceptors (Lipinski definition) is 7. The summed E-state index contributed by atoms with van der Waals surface area (Å²) in [7, 11) is -3.94. The lowest BCUT2D eigenvalue weighted by Crippen LogP contribution is -2.49. The standard InChI is InChI=1S/C19H17F2N5O4S/c20-17(21)18-22-16-7-2-1-6-15(16)19(23-18)24-8-10-25(11-9-24)31(29,30)14-5-3-4-13(12-14)26(27)28/h1-7,12,17H,8-11H2. The number of nitrogens with zero attached hydrogens (tertiary/aromatic N) is 5. The van der Waals surface area contributed by atoms with Gasteiger partial charge in [0.05, 0.1) is 15.3 Å². The second-order valence-corrected chi connectivity index (χ2v) is 8.81. The Hall–Kier alpha value is -3.25. The molecule has 1 aliphatic rings. The van der Waals surface area contributed by atoms with E-state index < -0.39 is 27.2 Å². The molecule has 2 aromatic carbocycles. The fourth-order valence-electron chi connectivity index (χ4n) is 3.46. The Morgan fingerprint density at radius 3 is 2.39 bits per heavy atom. The van der Waals surface area contributed by atoms with Crippen LogP contribution in [0, 0.1) is 10.1 Å². The highest BCUT2D eigenvalue weighted by Gasteiger charge is 2.31. The molecule has 0 saturated carbocycles. The van der Waals surface area contributed by atoms with Crippen molar-refractivity contribution >= 4 is 32.4 Å². The number of aromatic nitrogens is 2. The lowest BCUT2D eigenvalue weighted by Gasteiger charge is -2.35. The Morgan fingerprint density at radius 2 is 1.71 bits per heavy atom. The fourth-order valence-corrected chi connectivity index (χ4v) is 4.93. The highest BCUT2D eigenvalue weighted by atomic mass is 32.2. The van der Waals surface area contributed by atoms with E-state index in [1.54, 1.807) is 29.2 Å². The van der Waals surface area contributed by atoms with Crippen molar-refractivity contribution in [1.82, 2.24) is 14.3 Å². The van der Waals surface area contributed by atoms with Gasteiger partial charge in [-0.25, -0.2) is 27.2 Å². The van der Waals surface area contributed by atoms with E-state index in [1.807, 2.05) is 0 Å². The highest BCUT2D eigenvalue weighted by molar-refractivity contribution is 7.89. The molecule has 0 unspecified atom stereocenters. The maximum Gasteiger partial charge on any atom is 0.297 e. The first-order valence-corrected chi connectivity index (χ1v) is 10.8. The number of halogens is 2. The average Bonchev–Trinajstić information content (AvgIpc) is 2.78. The van der Waals surface area contributed by atoms with E-state index in [0.717, 1.165) is 6.07 Å². The van der Waals surface area contributed by atoms with E-state index in [2.05, 4.69) is 9.97 Å². The summed E-state index contributed by atoms with van der Waals surface area (Å²) in [6.07, 6.45) is -2.83. The number of para-hydroxylation sites is 1. The Balaban J connectivity index is 1.59. The number of nitro groups is 1. The zero-order valence-electron chi connectivity index (χ0n) is 16.1. The lowest BCUT2D eigenvalue weighted by molar-refractivity contribution is -0.385. The van der Waals surface area contributed by atoms with Gasteiger partial charge in [0.25, 0.3) is 12.1 Å². The monoisotopic (exact) mass is 449 g/mol. The summed E-state index contributed by atoms with van der Waals surface area (Å²) in [5.41, 5.74) is 0.0705. The Morgan fingerprint density at radius 1 is 1.00 bits per heavy atom. The minimum absolute atomic E-state index is 0.0768. The van der Waals surface area contributed by atoms with Crippen molar-refractivity contribution in [3.8, 4) is 0 Å². The first-order chi connectivity index (χ1) is 14.8. The molecule has 12 heteroatoms. The number of nitro benzene ring substituents is 1. The van der Waals surface area contributed by atoms with E-state index in [0.29, 0.717) is 16.7 Å². The van der Waals surface area contributed by atoms with Gasteiger partial charge in [-0.1, -0.05) is 18.2 Å². The smallest absolute Gasteiger partial charge is 0.297 e. The summed E-state index contributed by atoms with van der Waals surface area (Å²) in [4.78, 5) is 19.8. The number of non-ortho nitro benzene ring substituents is 1. The third-order valence-corrected chi connectivity index (χ3v) is 6.89. The number of benzene rings is 2. The molecule has 0 amide bonds. The van der Waals surface area contributed by atoms with Crippen LogP contribution in [-0.4, -0.2) is 53.8 Å². The van der Waals surface area contributed by atoms with Crippen LogP contribution >= 0.6 is 0 Å². The van der Waals surface area contributed by atoms with E-state index in [-0.39, 0.29) is 36.8 Å². The third kappa shape index (κ3) is 4.03. The van der Waals surface area contributed by atoms with Crippen LogP contribution in [0.5, 0.6) is 0 Å². The molecule has 0 atom stereocenters. The molecule has 2 heterocycles. The van der Waals surface area contributed by atoms with Gasteiger partial charge in [0.2, 0.25) is 10.0 Å². The van der Waals surface area contributed by atoms with Crippen molar-refractivity contribution in [3.05, 3.63) is 64.5 Å². The molecule has 4 rings (SSSR count). The van der Waals surface area contributed by atoms with Gasteiger partial charge in [-0.3, -0.25) is 10.1 Å². The summed E-state index contributed by atoms with van der Waals surface area (Å²) in [5.74, 6) is -0.256. The van der Waals surface area contributed by atoms with E-state index >= 15 is 0 Å². The van der Waals surface area contributed by atoms with Crippen LogP contribution in [0.25, 0.3) is 10.9 Å². The summed E-state index contributed by atoms with van der Waals surface area (Å²) >= 11 is 0. The molecule has 162 valence electrons. The largest absolute Gasteiger partial charge is 0.353 e. The van der Waals surface area contributed by atoms with Crippen molar-refractivity contribution < 1.29 is 22.1 Å². The molecule has 0 spiro atoms. The van der Waals surface area contributed by atoms with Crippen molar-refractivity contribution in [2.24, 2.45) is 0 Å². The number of anilines is 1. The molecule has 1 aliphatic heterocycles. The van der Waals surface area contributed by atoms with Crippen LogP contribution in [0.1, 0.15) is 12.2 Å². The first-order valence-electron chi connectivity index (χ1n) is 9.32. The fraction of sp³-hybridized carbons (Fsp3) is 0.263. The predicted molar refractivity (Wildman–Crippen MR) is 109 cm³/mol. The van der Waals surface area contributed by atoms with Gasteiger partial charge in [0.15, 0.2) is 5.82 Å². The maximum atomic E-state index is 13.3. The molecule has 0 N–H and O–H groups in total. The summed E-state index contributed by atoms with van der Waals surface area (Å²) in [6.45, 7) is 0.594. The summed E-state index contributed by atoms with van der Waals surface area (Å²) < 4.78 is 53.6. The van der Waals surface area contributed by atoms with Gasteiger partial charge in [0, 0.05) is 43.7 Å². The molecule has 0 radical (unpaired) electrons. The SMILES string of the molecule is O=[N+]([O-])c1cccc(S(=O)(=O)N2CCN(c3nc(C(F)F)nc4ccccc34)CC2)c1. The van der Waals surface area contributed by atoms with Crippen LogP contribution in [0.4, 0.5) is 20.3 Å². The first kappa shape index (κ1) is 21.0. The predicted octanol–water partition coefficient (Wildman–Crippen LogP) is 2.99. The molecule has 1 saturated heterocycles. The van der Waals surface area contributed by atoms with Gasteiger partial charge in [0.1, 0.15) is 5.82 Å². The summed E-state index contributed by atoms with van der Waals surface area (Å²) in [6, 6.07) is 11.7. The molecular formula is C19H17F2N5O4S. The second kappa shape index (κ2) is 8.12. The number of sulfonamides is 1.